The van der Waals surface area contributed by atoms with E-state index in [1.165, 1.54) is 12.0 Å². The Morgan fingerprint density at radius 3 is 2.50 bits per heavy atom. The van der Waals surface area contributed by atoms with Gasteiger partial charge in [0, 0.05) is 25.7 Å². The number of anilines is 1. The van der Waals surface area contributed by atoms with E-state index >= 15 is 0 Å². The molecule has 0 heterocycles. The van der Waals surface area contributed by atoms with E-state index in [1.807, 2.05) is 0 Å². The van der Waals surface area contributed by atoms with Crippen LogP contribution in [0.25, 0.3) is 0 Å². The number of rotatable bonds is 5. The average molecular weight is 295 g/mol. The lowest BCUT2D eigenvalue weighted by Gasteiger charge is -2.23. The van der Waals surface area contributed by atoms with Gasteiger partial charge >= 0.3 is 0 Å². The Morgan fingerprint density at radius 2 is 2.00 bits per heavy atom. The highest BCUT2D eigenvalue weighted by atomic mass is 35.5. The molecule has 0 bridgehead atoms. The summed E-state index contributed by atoms with van der Waals surface area (Å²) in [6.45, 7) is 10.8. The molecule has 0 radical (unpaired) electrons. The standard InChI is InChI=1S/C17H27ClN2/c1-12-8-14(12)11-20(5)16-7-6-13(9-15(16)18)10-19-17(2,3)4/h6-7,9,12,14,19H,8,10-11H2,1-5H3. The molecular formula is C17H27ClN2. The SMILES string of the molecule is CC1CC1CN(C)c1ccc(CNC(C)(C)C)cc1Cl. The first-order valence-electron chi connectivity index (χ1n) is 7.51. The van der Waals surface area contributed by atoms with E-state index in [4.69, 9.17) is 11.6 Å². The van der Waals surface area contributed by atoms with Gasteiger partial charge < -0.3 is 10.2 Å². The molecule has 2 nitrogen and oxygen atoms in total. The van der Waals surface area contributed by atoms with Crippen molar-refractivity contribution >= 4 is 17.3 Å². The van der Waals surface area contributed by atoms with Gasteiger partial charge in [0.15, 0.2) is 0 Å². The minimum Gasteiger partial charge on any atom is -0.373 e. The minimum atomic E-state index is 0.129. The first-order valence-corrected chi connectivity index (χ1v) is 7.88. The van der Waals surface area contributed by atoms with E-state index in [2.05, 4.69) is 63.2 Å². The second-order valence-corrected chi connectivity index (χ2v) is 7.65. The van der Waals surface area contributed by atoms with E-state index < -0.39 is 0 Å². The molecule has 1 aliphatic rings. The van der Waals surface area contributed by atoms with Gasteiger partial charge in [0.05, 0.1) is 10.7 Å². The van der Waals surface area contributed by atoms with Gasteiger partial charge in [-0.05, 0) is 56.7 Å². The second-order valence-electron chi connectivity index (χ2n) is 7.24. The van der Waals surface area contributed by atoms with Crippen LogP contribution in [0.1, 0.15) is 39.7 Å². The zero-order valence-electron chi connectivity index (χ0n) is 13.3. The van der Waals surface area contributed by atoms with Gasteiger partial charge in [-0.2, -0.15) is 0 Å². The van der Waals surface area contributed by atoms with Gasteiger partial charge in [-0.3, -0.25) is 0 Å². The van der Waals surface area contributed by atoms with Gasteiger partial charge in [0.25, 0.3) is 0 Å². The van der Waals surface area contributed by atoms with Gasteiger partial charge in [-0.1, -0.05) is 24.6 Å². The summed E-state index contributed by atoms with van der Waals surface area (Å²) < 4.78 is 0. The molecule has 1 saturated carbocycles. The molecule has 0 aromatic heterocycles. The van der Waals surface area contributed by atoms with Crippen LogP contribution >= 0.6 is 11.6 Å². The lowest BCUT2D eigenvalue weighted by molar-refractivity contribution is 0.424. The van der Waals surface area contributed by atoms with Crippen molar-refractivity contribution in [2.24, 2.45) is 11.8 Å². The number of hydrogen-bond donors (Lipinski definition) is 1. The summed E-state index contributed by atoms with van der Waals surface area (Å²) in [5.41, 5.74) is 2.51. The molecule has 1 N–H and O–H groups in total. The molecule has 20 heavy (non-hydrogen) atoms. The largest absolute Gasteiger partial charge is 0.373 e. The van der Waals surface area contributed by atoms with Crippen LogP contribution in [-0.4, -0.2) is 19.1 Å². The number of benzene rings is 1. The number of halogens is 1. The Kier molecular flexibility index (Phi) is 4.66. The highest BCUT2D eigenvalue weighted by Crippen LogP contribution is 2.39. The first kappa shape index (κ1) is 15.7. The van der Waals surface area contributed by atoms with E-state index in [0.29, 0.717) is 0 Å². The van der Waals surface area contributed by atoms with Crippen LogP contribution in [0, 0.1) is 11.8 Å². The topological polar surface area (TPSA) is 15.3 Å². The third-order valence-electron chi connectivity index (χ3n) is 4.03. The Labute approximate surface area is 128 Å². The van der Waals surface area contributed by atoms with Crippen LogP contribution in [0.4, 0.5) is 5.69 Å². The molecule has 1 aromatic carbocycles. The third kappa shape index (κ3) is 4.39. The van der Waals surface area contributed by atoms with Crippen molar-refractivity contribution in [3.05, 3.63) is 28.8 Å². The quantitative estimate of drug-likeness (QED) is 0.870. The summed E-state index contributed by atoms with van der Waals surface area (Å²) >= 11 is 6.45. The van der Waals surface area contributed by atoms with Crippen LogP contribution in [0.3, 0.4) is 0 Å². The predicted octanol–water partition coefficient (Wildman–Crippen LogP) is 4.32. The molecule has 0 spiro atoms. The van der Waals surface area contributed by atoms with Crippen molar-refractivity contribution in [2.45, 2.75) is 46.2 Å². The van der Waals surface area contributed by atoms with E-state index in [1.54, 1.807) is 0 Å². The monoisotopic (exact) mass is 294 g/mol. The molecule has 0 amide bonds. The molecule has 2 rings (SSSR count). The van der Waals surface area contributed by atoms with E-state index in [-0.39, 0.29) is 5.54 Å². The summed E-state index contributed by atoms with van der Waals surface area (Å²) in [5, 5.41) is 4.35. The summed E-state index contributed by atoms with van der Waals surface area (Å²) in [6.07, 6.45) is 1.36. The average Bonchev–Trinajstić information content (AvgIpc) is 3.01. The van der Waals surface area contributed by atoms with Gasteiger partial charge in [0.1, 0.15) is 0 Å². The first-order chi connectivity index (χ1) is 9.26. The molecule has 1 aliphatic carbocycles. The predicted molar refractivity (Wildman–Crippen MR) is 88.6 cm³/mol. The Hall–Kier alpha value is -0.730. The number of nitrogens with one attached hydrogen (secondary N) is 1. The van der Waals surface area contributed by atoms with Crippen LogP contribution in [-0.2, 0) is 6.54 Å². The summed E-state index contributed by atoms with van der Waals surface area (Å²) in [4.78, 5) is 2.29. The third-order valence-corrected chi connectivity index (χ3v) is 4.33. The molecule has 2 atom stereocenters. The molecule has 112 valence electrons. The van der Waals surface area contributed by atoms with Crippen molar-refractivity contribution in [2.75, 3.05) is 18.5 Å². The fourth-order valence-electron chi connectivity index (χ4n) is 2.44. The van der Waals surface area contributed by atoms with Gasteiger partial charge in [0.2, 0.25) is 0 Å². The van der Waals surface area contributed by atoms with Gasteiger partial charge in [-0.15, -0.1) is 0 Å². The molecular weight excluding hydrogens is 268 g/mol. The lowest BCUT2D eigenvalue weighted by Crippen LogP contribution is -2.35. The number of nitrogens with zero attached hydrogens (tertiary/aromatic N) is 1. The molecule has 0 aliphatic heterocycles. The molecule has 2 unspecified atom stereocenters. The highest BCUT2D eigenvalue weighted by molar-refractivity contribution is 6.33. The molecule has 1 fully saturated rings. The summed E-state index contributed by atoms with van der Waals surface area (Å²) in [7, 11) is 2.14. The summed E-state index contributed by atoms with van der Waals surface area (Å²) in [5.74, 6) is 1.73. The maximum Gasteiger partial charge on any atom is 0.0642 e. The van der Waals surface area contributed by atoms with Crippen molar-refractivity contribution in [3.8, 4) is 0 Å². The second kappa shape index (κ2) is 5.95. The Bertz CT molecular complexity index is 465. The van der Waals surface area contributed by atoms with E-state index in [0.717, 1.165) is 35.6 Å². The van der Waals surface area contributed by atoms with Crippen molar-refractivity contribution in [1.29, 1.82) is 0 Å². The van der Waals surface area contributed by atoms with Crippen molar-refractivity contribution < 1.29 is 0 Å². The fraction of sp³-hybridized carbons (Fsp3) is 0.647. The van der Waals surface area contributed by atoms with Crippen LogP contribution in [0.5, 0.6) is 0 Å². The van der Waals surface area contributed by atoms with Crippen LogP contribution in [0.2, 0.25) is 5.02 Å². The van der Waals surface area contributed by atoms with Gasteiger partial charge in [-0.25, -0.2) is 0 Å². The zero-order chi connectivity index (χ0) is 14.9. The van der Waals surface area contributed by atoms with Crippen molar-refractivity contribution in [1.82, 2.24) is 5.32 Å². The van der Waals surface area contributed by atoms with E-state index in [9.17, 15) is 0 Å². The normalized spacial score (nSPS) is 21.9. The van der Waals surface area contributed by atoms with Crippen LogP contribution in [0.15, 0.2) is 18.2 Å². The zero-order valence-corrected chi connectivity index (χ0v) is 14.1. The maximum absolute atomic E-state index is 6.45. The molecule has 3 heteroatoms. The smallest absolute Gasteiger partial charge is 0.0642 e. The molecule has 1 aromatic rings. The van der Waals surface area contributed by atoms with Crippen LogP contribution < -0.4 is 10.2 Å². The fourth-order valence-corrected chi connectivity index (χ4v) is 2.79. The highest BCUT2D eigenvalue weighted by Gasteiger charge is 2.33. The minimum absolute atomic E-state index is 0.129. The Balaban J connectivity index is 1.98. The van der Waals surface area contributed by atoms with Crippen molar-refractivity contribution in [3.63, 3.8) is 0 Å². The molecule has 0 saturated heterocycles. The maximum atomic E-state index is 6.45. The lowest BCUT2D eigenvalue weighted by atomic mass is 10.1. The summed E-state index contributed by atoms with van der Waals surface area (Å²) in [6, 6.07) is 6.41. The Morgan fingerprint density at radius 1 is 1.35 bits per heavy atom. The number of hydrogen-bond acceptors (Lipinski definition) is 2.